The maximum absolute atomic E-state index is 5.43. The first-order valence-corrected chi connectivity index (χ1v) is 11.6. The summed E-state index contributed by atoms with van der Waals surface area (Å²) >= 11 is 4.24. The zero-order chi connectivity index (χ0) is 16.5. The molecule has 0 fully saturated rings. The van der Waals surface area contributed by atoms with Crippen LogP contribution in [0.1, 0.15) is 77.0 Å². The molecule has 0 aliphatic rings. The molecule has 0 aliphatic carbocycles. The van der Waals surface area contributed by atoms with E-state index in [0.29, 0.717) is 0 Å². The molecule has 0 atom stereocenters. The number of thiol groups is 1. The van der Waals surface area contributed by atoms with Crippen LogP contribution in [-0.2, 0) is 13.3 Å². The van der Waals surface area contributed by atoms with Crippen molar-refractivity contribution in [3.05, 3.63) is 0 Å². The minimum absolute atomic E-state index is 0.933. The van der Waals surface area contributed by atoms with Crippen LogP contribution in [0.5, 0.6) is 0 Å². The van der Waals surface area contributed by atoms with E-state index in [1.54, 1.807) is 21.3 Å². The zero-order valence-corrected chi connectivity index (χ0v) is 17.0. The lowest BCUT2D eigenvalue weighted by atomic mass is 10.1. The molecule has 0 aromatic carbocycles. The summed E-state index contributed by atoms with van der Waals surface area (Å²) in [7, 11) is 2.75. The number of hydrogen-bond donors (Lipinski definition) is 1. The Bertz CT molecular complexity index is 218. The van der Waals surface area contributed by atoms with Crippen molar-refractivity contribution < 1.29 is 13.3 Å². The third-order valence-corrected chi connectivity index (χ3v) is 7.47. The van der Waals surface area contributed by atoms with Gasteiger partial charge in [-0.1, -0.05) is 64.2 Å². The van der Waals surface area contributed by atoms with E-state index in [1.807, 2.05) is 0 Å². The highest BCUT2D eigenvalue weighted by molar-refractivity contribution is 7.80. The molecule has 0 aliphatic heterocycles. The molecule has 134 valence electrons. The number of unbranched alkanes of at least 4 members (excludes halogenated alkanes) is 11. The molecule has 0 spiro atoms. The van der Waals surface area contributed by atoms with Gasteiger partial charge in [0.2, 0.25) is 0 Å². The first-order chi connectivity index (χ1) is 10.7. The summed E-state index contributed by atoms with van der Waals surface area (Å²) in [4.78, 5) is 0. The normalized spacial score (nSPS) is 12.0. The smallest absolute Gasteiger partial charge is 0.377 e. The van der Waals surface area contributed by atoms with E-state index in [-0.39, 0.29) is 0 Å². The van der Waals surface area contributed by atoms with Crippen LogP contribution in [0.15, 0.2) is 0 Å². The second kappa shape index (κ2) is 16.3. The van der Waals surface area contributed by atoms with Crippen LogP contribution < -0.4 is 0 Å². The van der Waals surface area contributed by atoms with Gasteiger partial charge in [0.05, 0.1) is 0 Å². The van der Waals surface area contributed by atoms with E-state index in [1.165, 1.54) is 70.6 Å². The van der Waals surface area contributed by atoms with E-state index in [9.17, 15) is 0 Å². The Kier molecular flexibility index (Phi) is 16.6. The van der Waals surface area contributed by atoms with Gasteiger partial charge in [0.15, 0.2) is 0 Å². The molecule has 0 radical (unpaired) electrons. The Morgan fingerprint density at radius 2 is 0.864 bits per heavy atom. The van der Waals surface area contributed by atoms with Crippen molar-refractivity contribution in [3.63, 3.8) is 0 Å². The Labute approximate surface area is 145 Å². The number of hydrogen-bond acceptors (Lipinski definition) is 4. The van der Waals surface area contributed by atoms with Gasteiger partial charge < -0.3 is 13.3 Å². The average Bonchev–Trinajstić information content (AvgIpc) is 2.56. The molecule has 0 unspecified atom stereocenters. The zero-order valence-electron chi connectivity index (χ0n) is 15.1. The van der Waals surface area contributed by atoms with Gasteiger partial charge in [-0.3, -0.25) is 0 Å². The topological polar surface area (TPSA) is 27.7 Å². The molecule has 3 nitrogen and oxygen atoms in total. The van der Waals surface area contributed by atoms with Crippen LogP contribution in [0.2, 0.25) is 6.04 Å². The van der Waals surface area contributed by atoms with E-state index >= 15 is 0 Å². The highest BCUT2D eigenvalue weighted by Crippen LogP contribution is 2.18. The Balaban J connectivity index is 3.27. The monoisotopic (exact) mass is 350 g/mol. The SMILES string of the molecule is CO[Si](CCCCCCCCCCCCCCS)(OC)OC. The minimum atomic E-state index is -2.32. The van der Waals surface area contributed by atoms with Crippen molar-refractivity contribution >= 4 is 21.4 Å². The van der Waals surface area contributed by atoms with Crippen LogP contribution in [0, 0.1) is 0 Å². The van der Waals surface area contributed by atoms with Gasteiger partial charge in [-0.25, -0.2) is 0 Å². The van der Waals surface area contributed by atoms with Crippen molar-refractivity contribution in [2.75, 3.05) is 27.1 Å². The predicted molar refractivity (Wildman–Crippen MR) is 101 cm³/mol. The molecule has 5 heteroatoms. The van der Waals surface area contributed by atoms with E-state index < -0.39 is 8.80 Å². The molecule has 0 bridgehead atoms. The van der Waals surface area contributed by atoms with Crippen LogP contribution in [0.3, 0.4) is 0 Å². The predicted octanol–water partition coefficient (Wildman–Crippen LogP) is 5.48. The quantitative estimate of drug-likeness (QED) is 0.214. The lowest BCUT2D eigenvalue weighted by molar-refractivity contribution is 0.122. The van der Waals surface area contributed by atoms with Crippen LogP contribution in [-0.4, -0.2) is 35.9 Å². The third-order valence-electron chi connectivity index (χ3n) is 4.32. The molecule has 0 aromatic rings. The van der Waals surface area contributed by atoms with Crippen molar-refractivity contribution in [2.45, 2.75) is 83.1 Å². The first-order valence-electron chi connectivity index (χ1n) is 9.01. The second-order valence-corrected chi connectivity index (χ2v) is 9.55. The summed E-state index contributed by atoms with van der Waals surface area (Å²) in [5.41, 5.74) is 0. The Morgan fingerprint density at radius 1 is 0.545 bits per heavy atom. The van der Waals surface area contributed by atoms with Gasteiger partial charge in [-0.2, -0.15) is 12.6 Å². The molecule has 22 heavy (non-hydrogen) atoms. The molecule has 0 heterocycles. The van der Waals surface area contributed by atoms with Gasteiger partial charge in [0.25, 0.3) is 0 Å². The van der Waals surface area contributed by atoms with E-state index in [4.69, 9.17) is 13.3 Å². The van der Waals surface area contributed by atoms with Crippen molar-refractivity contribution in [1.29, 1.82) is 0 Å². The average molecular weight is 351 g/mol. The van der Waals surface area contributed by atoms with Gasteiger partial charge in [0, 0.05) is 27.4 Å². The molecule has 0 saturated heterocycles. The lowest BCUT2D eigenvalue weighted by Gasteiger charge is -2.24. The molecular formula is C17H38O3SSi. The van der Waals surface area contributed by atoms with Gasteiger partial charge in [-0.15, -0.1) is 0 Å². The summed E-state index contributed by atoms with van der Waals surface area (Å²) in [6.45, 7) is 0. The van der Waals surface area contributed by atoms with E-state index in [0.717, 1.165) is 18.2 Å². The molecule has 0 saturated carbocycles. The van der Waals surface area contributed by atoms with Gasteiger partial charge >= 0.3 is 8.80 Å². The Morgan fingerprint density at radius 3 is 1.18 bits per heavy atom. The second-order valence-electron chi connectivity index (χ2n) is 6.01. The fraction of sp³-hybridized carbons (Fsp3) is 1.00. The fourth-order valence-corrected chi connectivity index (χ4v) is 4.80. The van der Waals surface area contributed by atoms with Gasteiger partial charge in [-0.05, 0) is 18.6 Å². The highest BCUT2D eigenvalue weighted by atomic mass is 32.1. The maximum atomic E-state index is 5.43. The summed E-state index contributed by atoms with van der Waals surface area (Å²) in [6.07, 6.45) is 16.1. The van der Waals surface area contributed by atoms with Crippen LogP contribution >= 0.6 is 12.6 Å². The largest absolute Gasteiger partial charge is 0.500 e. The van der Waals surface area contributed by atoms with Crippen molar-refractivity contribution in [3.8, 4) is 0 Å². The third kappa shape index (κ3) is 11.9. The first kappa shape index (κ1) is 22.4. The van der Waals surface area contributed by atoms with Crippen molar-refractivity contribution in [2.24, 2.45) is 0 Å². The molecular weight excluding hydrogens is 312 g/mol. The lowest BCUT2D eigenvalue weighted by Crippen LogP contribution is -2.42. The summed E-state index contributed by atoms with van der Waals surface area (Å²) < 4.78 is 16.3. The molecule has 0 N–H and O–H groups in total. The van der Waals surface area contributed by atoms with Crippen LogP contribution in [0.4, 0.5) is 0 Å². The van der Waals surface area contributed by atoms with E-state index in [2.05, 4.69) is 12.6 Å². The Hall–Kier alpha value is 0.447. The summed E-state index contributed by atoms with van der Waals surface area (Å²) in [6, 6.07) is 0.933. The standard InChI is InChI=1S/C17H38O3SSi/c1-18-22(19-2,20-3)17-15-13-11-9-7-5-4-6-8-10-12-14-16-21/h21H,4-17H2,1-3H3. The molecule has 0 amide bonds. The highest BCUT2D eigenvalue weighted by Gasteiger charge is 2.36. The fourth-order valence-electron chi connectivity index (χ4n) is 2.78. The number of rotatable bonds is 17. The maximum Gasteiger partial charge on any atom is 0.500 e. The minimum Gasteiger partial charge on any atom is -0.377 e. The molecule has 0 rings (SSSR count). The van der Waals surface area contributed by atoms with Crippen LogP contribution in [0.25, 0.3) is 0 Å². The molecule has 0 aromatic heterocycles. The van der Waals surface area contributed by atoms with Gasteiger partial charge in [0.1, 0.15) is 0 Å². The van der Waals surface area contributed by atoms with Crippen molar-refractivity contribution in [1.82, 2.24) is 0 Å². The summed E-state index contributed by atoms with van der Waals surface area (Å²) in [5, 5.41) is 0. The summed E-state index contributed by atoms with van der Waals surface area (Å²) in [5.74, 6) is 1.04.